The van der Waals surface area contributed by atoms with Crippen molar-refractivity contribution in [3.63, 3.8) is 0 Å². The van der Waals surface area contributed by atoms with Crippen molar-refractivity contribution in [2.24, 2.45) is 0 Å². The van der Waals surface area contributed by atoms with Crippen LogP contribution in [0.3, 0.4) is 0 Å². The van der Waals surface area contributed by atoms with E-state index in [4.69, 9.17) is 5.11 Å². The third kappa shape index (κ3) is 3.55. The molecule has 1 heterocycles. The predicted molar refractivity (Wildman–Crippen MR) is 74.6 cm³/mol. The molecule has 1 saturated heterocycles. The maximum Gasteiger partial charge on any atom is 0.0558 e. The summed E-state index contributed by atoms with van der Waals surface area (Å²) in [6, 6.07) is 9.35. The second kappa shape index (κ2) is 6.32. The summed E-state index contributed by atoms with van der Waals surface area (Å²) in [5.74, 6) is 0. The van der Waals surface area contributed by atoms with E-state index in [2.05, 4.69) is 48.0 Å². The summed E-state index contributed by atoms with van der Waals surface area (Å²) < 4.78 is 0. The summed E-state index contributed by atoms with van der Waals surface area (Å²) in [6.45, 7) is 6.50. The summed E-state index contributed by atoms with van der Waals surface area (Å²) in [7, 11) is 2.11. The minimum absolute atomic E-state index is 0.255. The summed E-state index contributed by atoms with van der Waals surface area (Å²) in [5, 5.41) is 8.97. The van der Waals surface area contributed by atoms with E-state index in [9.17, 15) is 0 Å². The number of rotatable bonds is 5. The van der Waals surface area contributed by atoms with Crippen LogP contribution < -0.4 is 0 Å². The van der Waals surface area contributed by atoms with E-state index in [-0.39, 0.29) is 6.61 Å². The fourth-order valence-electron chi connectivity index (χ4n) is 2.72. The van der Waals surface area contributed by atoms with Crippen LogP contribution in [0, 0.1) is 6.92 Å². The Morgan fingerprint density at radius 3 is 3.00 bits per heavy atom. The predicted octanol–water partition coefficient (Wildman–Crippen LogP) is 1.49. The Kier molecular flexibility index (Phi) is 4.75. The van der Waals surface area contributed by atoms with Gasteiger partial charge in [-0.15, -0.1) is 0 Å². The lowest BCUT2D eigenvalue weighted by Gasteiger charge is -2.23. The molecule has 1 atom stereocenters. The van der Waals surface area contributed by atoms with Crippen LogP contribution in [0.5, 0.6) is 0 Å². The van der Waals surface area contributed by atoms with E-state index in [0.29, 0.717) is 6.04 Å². The molecular formula is C15H24N2O. The molecule has 1 unspecified atom stereocenters. The van der Waals surface area contributed by atoms with Gasteiger partial charge in [0.1, 0.15) is 0 Å². The van der Waals surface area contributed by atoms with Gasteiger partial charge in [-0.3, -0.25) is 9.80 Å². The standard InChI is InChI=1S/C15H24N2O/c1-13-4-3-5-14(10-13)11-17-7-6-15(12-17)16(2)8-9-18/h3-5,10,15,18H,6-9,11-12H2,1-2H3. The average molecular weight is 248 g/mol. The maximum atomic E-state index is 8.97. The minimum Gasteiger partial charge on any atom is -0.395 e. The number of likely N-dealkylation sites (tertiary alicyclic amines) is 1. The fourth-order valence-corrected chi connectivity index (χ4v) is 2.72. The Bertz CT molecular complexity index is 381. The molecule has 1 aromatic carbocycles. The molecule has 3 heteroatoms. The molecule has 0 spiro atoms. The lowest BCUT2D eigenvalue weighted by atomic mass is 10.1. The number of aliphatic hydroxyl groups excluding tert-OH is 1. The fraction of sp³-hybridized carbons (Fsp3) is 0.600. The zero-order chi connectivity index (χ0) is 13.0. The highest BCUT2D eigenvalue weighted by Gasteiger charge is 2.25. The third-order valence-corrected chi connectivity index (χ3v) is 3.81. The van der Waals surface area contributed by atoms with Crippen molar-refractivity contribution in [2.75, 3.05) is 33.3 Å². The molecule has 3 nitrogen and oxygen atoms in total. The molecule has 100 valence electrons. The molecule has 1 N–H and O–H groups in total. The number of benzene rings is 1. The zero-order valence-electron chi connectivity index (χ0n) is 11.5. The number of nitrogens with zero attached hydrogens (tertiary/aromatic N) is 2. The topological polar surface area (TPSA) is 26.7 Å². The second-order valence-electron chi connectivity index (χ2n) is 5.37. The first-order valence-corrected chi connectivity index (χ1v) is 6.78. The highest BCUT2D eigenvalue weighted by molar-refractivity contribution is 5.22. The van der Waals surface area contributed by atoms with Gasteiger partial charge in [-0.25, -0.2) is 0 Å². The molecule has 1 aromatic rings. The van der Waals surface area contributed by atoms with Crippen LogP contribution in [0.2, 0.25) is 0 Å². The van der Waals surface area contributed by atoms with Gasteiger partial charge in [0.15, 0.2) is 0 Å². The number of hydrogen-bond acceptors (Lipinski definition) is 3. The van der Waals surface area contributed by atoms with Crippen molar-refractivity contribution in [3.05, 3.63) is 35.4 Å². The smallest absolute Gasteiger partial charge is 0.0558 e. The van der Waals surface area contributed by atoms with Crippen molar-refractivity contribution in [2.45, 2.75) is 25.9 Å². The number of aliphatic hydroxyl groups is 1. The minimum atomic E-state index is 0.255. The van der Waals surface area contributed by atoms with Crippen LogP contribution in [0.1, 0.15) is 17.5 Å². The van der Waals surface area contributed by atoms with Crippen molar-refractivity contribution in [1.82, 2.24) is 9.80 Å². The Hall–Kier alpha value is -0.900. The van der Waals surface area contributed by atoms with Crippen LogP contribution >= 0.6 is 0 Å². The van der Waals surface area contributed by atoms with Crippen molar-refractivity contribution in [3.8, 4) is 0 Å². The van der Waals surface area contributed by atoms with E-state index in [0.717, 1.165) is 26.2 Å². The monoisotopic (exact) mass is 248 g/mol. The Morgan fingerprint density at radius 1 is 1.44 bits per heavy atom. The van der Waals surface area contributed by atoms with Crippen molar-refractivity contribution < 1.29 is 5.11 Å². The molecule has 0 amide bonds. The SMILES string of the molecule is Cc1cccc(CN2CCC(N(C)CCO)C2)c1. The van der Waals surface area contributed by atoms with E-state index in [1.165, 1.54) is 17.5 Å². The maximum absolute atomic E-state index is 8.97. The Balaban J connectivity index is 1.86. The number of aryl methyl sites for hydroxylation is 1. The average Bonchev–Trinajstić information content (AvgIpc) is 2.78. The van der Waals surface area contributed by atoms with Gasteiger partial charge in [0, 0.05) is 32.2 Å². The lowest BCUT2D eigenvalue weighted by molar-refractivity contribution is 0.177. The normalized spacial score (nSPS) is 20.8. The summed E-state index contributed by atoms with van der Waals surface area (Å²) >= 11 is 0. The van der Waals surface area contributed by atoms with Gasteiger partial charge in [0.05, 0.1) is 6.61 Å². The summed E-state index contributed by atoms with van der Waals surface area (Å²) in [4.78, 5) is 4.78. The Labute approximate surface area is 110 Å². The third-order valence-electron chi connectivity index (χ3n) is 3.81. The lowest BCUT2D eigenvalue weighted by Crippen LogP contribution is -2.36. The molecule has 1 aliphatic heterocycles. The molecule has 0 aromatic heterocycles. The van der Waals surface area contributed by atoms with Gasteiger partial charge in [-0.05, 0) is 26.0 Å². The molecule has 0 aliphatic carbocycles. The quantitative estimate of drug-likeness (QED) is 0.855. The van der Waals surface area contributed by atoms with E-state index in [1.807, 2.05) is 0 Å². The Morgan fingerprint density at radius 2 is 2.28 bits per heavy atom. The van der Waals surface area contributed by atoms with Gasteiger partial charge in [-0.2, -0.15) is 0 Å². The summed E-state index contributed by atoms with van der Waals surface area (Å²) in [6.07, 6.45) is 1.21. The second-order valence-corrected chi connectivity index (χ2v) is 5.37. The molecule has 0 saturated carbocycles. The van der Waals surface area contributed by atoms with Crippen LogP contribution in [0.15, 0.2) is 24.3 Å². The first kappa shape index (κ1) is 13.5. The van der Waals surface area contributed by atoms with Gasteiger partial charge in [-0.1, -0.05) is 29.8 Å². The summed E-state index contributed by atoms with van der Waals surface area (Å²) in [5.41, 5.74) is 2.74. The van der Waals surface area contributed by atoms with Gasteiger partial charge >= 0.3 is 0 Å². The van der Waals surface area contributed by atoms with Crippen molar-refractivity contribution >= 4 is 0 Å². The van der Waals surface area contributed by atoms with Gasteiger partial charge < -0.3 is 5.11 Å². The van der Waals surface area contributed by atoms with Crippen LogP contribution in [-0.4, -0.2) is 54.2 Å². The van der Waals surface area contributed by atoms with Crippen LogP contribution in [-0.2, 0) is 6.54 Å². The first-order valence-electron chi connectivity index (χ1n) is 6.78. The number of likely N-dealkylation sites (N-methyl/N-ethyl adjacent to an activating group) is 1. The molecule has 0 bridgehead atoms. The molecule has 2 rings (SSSR count). The van der Waals surface area contributed by atoms with E-state index in [1.54, 1.807) is 0 Å². The molecular weight excluding hydrogens is 224 g/mol. The highest BCUT2D eigenvalue weighted by Crippen LogP contribution is 2.17. The number of hydrogen-bond donors (Lipinski definition) is 1. The molecule has 0 radical (unpaired) electrons. The van der Waals surface area contributed by atoms with Crippen LogP contribution in [0.25, 0.3) is 0 Å². The molecule has 1 fully saturated rings. The van der Waals surface area contributed by atoms with E-state index < -0.39 is 0 Å². The molecule has 1 aliphatic rings. The van der Waals surface area contributed by atoms with E-state index >= 15 is 0 Å². The largest absolute Gasteiger partial charge is 0.395 e. The molecule has 18 heavy (non-hydrogen) atoms. The van der Waals surface area contributed by atoms with Crippen LogP contribution in [0.4, 0.5) is 0 Å². The van der Waals surface area contributed by atoms with Crippen molar-refractivity contribution in [1.29, 1.82) is 0 Å². The first-order chi connectivity index (χ1) is 8.69. The zero-order valence-corrected chi connectivity index (χ0v) is 11.5. The highest BCUT2D eigenvalue weighted by atomic mass is 16.3. The van der Waals surface area contributed by atoms with Gasteiger partial charge in [0.2, 0.25) is 0 Å². The van der Waals surface area contributed by atoms with Gasteiger partial charge in [0.25, 0.3) is 0 Å².